The Morgan fingerprint density at radius 3 is 2.57 bits per heavy atom. The third kappa shape index (κ3) is 4.94. The van der Waals surface area contributed by atoms with Crippen LogP contribution in [-0.2, 0) is 11.0 Å². The molecule has 158 valence electrons. The van der Waals surface area contributed by atoms with Crippen LogP contribution in [0.2, 0.25) is 0 Å². The molecule has 1 atom stereocenters. The molecular formula is C20H18F3N3O4. The number of carbonyl (C=O) groups is 2. The Labute approximate surface area is 169 Å². The molecule has 1 saturated heterocycles. The zero-order chi connectivity index (χ0) is 21.9. The fraction of sp³-hybridized carbons (Fsp3) is 0.300. The molecule has 0 spiro atoms. The molecule has 10 heteroatoms. The Kier molecular flexibility index (Phi) is 6.04. The molecule has 1 aliphatic heterocycles. The number of alkyl halides is 3. The van der Waals surface area contributed by atoms with Crippen molar-refractivity contribution in [1.29, 1.82) is 0 Å². The van der Waals surface area contributed by atoms with Gasteiger partial charge in [0.25, 0.3) is 11.6 Å². The Hall–Kier alpha value is -3.43. The lowest BCUT2D eigenvalue weighted by molar-refractivity contribution is -0.384. The predicted octanol–water partition coefficient (Wildman–Crippen LogP) is 3.71. The van der Waals surface area contributed by atoms with Gasteiger partial charge in [-0.2, -0.15) is 13.2 Å². The van der Waals surface area contributed by atoms with Crippen molar-refractivity contribution in [2.75, 3.05) is 13.1 Å². The topological polar surface area (TPSA) is 92.6 Å². The second-order valence-corrected chi connectivity index (χ2v) is 6.90. The van der Waals surface area contributed by atoms with Gasteiger partial charge in [-0.3, -0.25) is 19.7 Å². The zero-order valence-corrected chi connectivity index (χ0v) is 15.7. The number of rotatable bonds is 6. The number of likely N-dealkylation sites (tertiary alicyclic amines) is 1. The van der Waals surface area contributed by atoms with E-state index in [9.17, 15) is 32.9 Å². The van der Waals surface area contributed by atoms with Crippen molar-refractivity contribution in [3.05, 3.63) is 75.3 Å². The highest BCUT2D eigenvalue weighted by Gasteiger charge is 2.32. The first kappa shape index (κ1) is 21.3. The number of nitro benzene ring substituents is 1. The molecule has 1 aliphatic rings. The number of nitro groups is 1. The van der Waals surface area contributed by atoms with Crippen LogP contribution in [0.25, 0.3) is 0 Å². The highest BCUT2D eigenvalue weighted by Crippen LogP contribution is 2.31. The van der Waals surface area contributed by atoms with Crippen LogP contribution in [-0.4, -0.2) is 34.7 Å². The van der Waals surface area contributed by atoms with Crippen LogP contribution < -0.4 is 5.32 Å². The lowest BCUT2D eigenvalue weighted by Crippen LogP contribution is -2.38. The van der Waals surface area contributed by atoms with E-state index in [1.165, 1.54) is 35.2 Å². The van der Waals surface area contributed by atoms with Crippen molar-refractivity contribution in [3.63, 3.8) is 0 Å². The standard InChI is InChI=1S/C20H18F3N3O4/c21-20(22,23)15-6-1-4-13(10-15)17(12-25-9-3-8-18(25)27)24-19(28)14-5-2-7-16(11-14)26(29)30/h1-2,4-7,10-11,17H,3,8-9,12H2,(H,24,28). The smallest absolute Gasteiger partial charge is 0.343 e. The lowest BCUT2D eigenvalue weighted by Gasteiger charge is -2.26. The average molecular weight is 421 g/mol. The molecule has 0 bridgehead atoms. The number of benzene rings is 2. The number of nitrogens with zero attached hydrogens (tertiary/aromatic N) is 2. The van der Waals surface area contributed by atoms with Gasteiger partial charge in [-0.1, -0.05) is 18.2 Å². The molecule has 3 rings (SSSR count). The van der Waals surface area contributed by atoms with Gasteiger partial charge in [0.1, 0.15) is 0 Å². The molecule has 1 heterocycles. The molecule has 2 aromatic rings. The summed E-state index contributed by atoms with van der Waals surface area (Å²) in [5, 5.41) is 13.6. The number of amides is 2. The van der Waals surface area contributed by atoms with Crippen LogP contribution in [0, 0.1) is 10.1 Å². The Bertz CT molecular complexity index is 978. The summed E-state index contributed by atoms with van der Waals surface area (Å²) in [5.41, 5.74) is -0.979. The first-order valence-electron chi connectivity index (χ1n) is 9.15. The first-order chi connectivity index (χ1) is 14.1. The van der Waals surface area contributed by atoms with Crippen LogP contribution >= 0.6 is 0 Å². The summed E-state index contributed by atoms with van der Waals surface area (Å²) >= 11 is 0. The second-order valence-electron chi connectivity index (χ2n) is 6.90. The second kappa shape index (κ2) is 8.52. The van der Waals surface area contributed by atoms with E-state index in [4.69, 9.17) is 0 Å². The number of hydrogen-bond donors (Lipinski definition) is 1. The molecule has 0 aromatic heterocycles. The quantitative estimate of drug-likeness (QED) is 0.569. The predicted molar refractivity (Wildman–Crippen MR) is 101 cm³/mol. The first-order valence-corrected chi connectivity index (χ1v) is 9.15. The average Bonchev–Trinajstić information content (AvgIpc) is 3.11. The van der Waals surface area contributed by atoms with Crippen molar-refractivity contribution < 1.29 is 27.7 Å². The number of non-ortho nitro benzene ring substituents is 1. The Morgan fingerprint density at radius 1 is 1.20 bits per heavy atom. The van der Waals surface area contributed by atoms with Gasteiger partial charge in [-0.05, 0) is 30.2 Å². The van der Waals surface area contributed by atoms with Gasteiger partial charge in [0, 0.05) is 37.2 Å². The van der Waals surface area contributed by atoms with E-state index in [-0.39, 0.29) is 29.3 Å². The largest absolute Gasteiger partial charge is 0.416 e. The van der Waals surface area contributed by atoms with Crippen LogP contribution in [0.4, 0.5) is 18.9 Å². The number of halogens is 3. The molecule has 1 unspecified atom stereocenters. The van der Waals surface area contributed by atoms with E-state index in [1.54, 1.807) is 0 Å². The van der Waals surface area contributed by atoms with Gasteiger partial charge >= 0.3 is 6.18 Å². The molecule has 1 N–H and O–H groups in total. The molecule has 2 amide bonds. The van der Waals surface area contributed by atoms with E-state index in [0.717, 1.165) is 18.2 Å². The molecule has 7 nitrogen and oxygen atoms in total. The SMILES string of the molecule is O=C(NC(CN1CCCC1=O)c1cccc(C(F)(F)F)c1)c1cccc([N+](=O)[O-])c1. The molecule has 0 aliphatic carbocycles. The van der Waals surface area contributed by atoms with Crippen molar-refractivity contribution in [2.24, 2.45) is 0 Å². The molecule has 2 aromatic carbocycles. The third-order valence-corrected chi connectivity index (χ3v) is 4.82. The fourth-order valence-electron chi connectivity index (χ4n) is 3.29. The van der Waals surface area contributed by atoms with Crippen LogP contribution in [0.15, 0.2) is 48.5 Å². The summed E-state index contributed by atoms with van der Waals surface area (Å²) in [6, 6.07) is 8.63. The van der Waals surface area contributed by atoms with Crippen LogP contribution in [0.5, 0.6) is 0 Å². The van der Waals surface area contributed by atoms with E-state index in [0.29, 0.717) is 19.4 Å². The normalized spacial score (nSPS) is 15.2. The number of carbonyl (C=O) groups excluding carboxylic acids is 2. The summed E-state index contributed by atoms with van der Waals surface area (Å²) < 4.78 is 39.4. The molecule has 0 radical (unpaired) electrons. The zero-order valence-electron chi connectivity index (χ0n) is 15.7. The van der Waals surface area contributed by atoms with Crippen LogP contribution in [0.1, 0.15) is 40.4 Å². The minimum atomic E-state index is -4.56. The minimum Gasteiger partial charge on any atom is -0.343 e. The minimum absolute atomic E-state index is 0.000804. The van der Waals surface area contributed by atoms with Crippen molar-refractivity contribution in [1.82, 2.24) is 10.2 Å². The van der Waals surface area contributed by atoms with Gasteiger partial charge < -0.3 is 10.2 Å². The Balaban J connectivity index is 1.90. The van der Waals surface area contributed by atoms with Crippen LogP contribution in [0.3, 0.4) is 0 Å². The lowest BCUT2D eigenvalue weighted by atomic mass is 10.0. The Morgan fingerprint density at radius 2 is 1.93 bits per heavy atom. The summed E-state index contributed by atoms with van der Waals surface area (Å²) in [5.74, 6) is -0.829. The van der Waals surface area contributed by atoms with Gasteiger partial charge in [-0.25, -0.2) is 0 Å². The monoisotopic (exact) mass is 421 g/mol. The fourth-order valence-corrected chi connectivity index (χ4v) is 3.29. The van der Waals surface area contributed by atoms with Gasteiger partial charge in [0.15, 0.2) is 0 Å². The summed E-state index contributed by atoms with van der Waals surface area (Å²) in [4.78, 5) is 36.5. The van der Waals surface area contributed by atoms with Crippen molar-refractivity contribution in [2.45, 2.75) is 25.1 Å². The van der Waals surface area contributed by atoms with Gasteiger partial charge in [0.05, 0.1) is 16.5 Å². The highest BCUT2D eigenvalue weighted by atomic mass is 19.4. The third-order valence-electron chi connectivity index (χ3n) is 4.82. The molecule has 30 heavy (non-hydrogen) atoms. The van der Waals surface area contributed by atoms with E-state index >= 15 is 0 Å². The van der Waals surface area contributed by atoms with Crippen molar-refractivity contribution >= 4 is 17.5 Å². The maximum atomic E-state index is 13.1. The molecule has 0 saturated carbocycles. The summed E-state index contributed by atoms with van der Waals surface area (Å²) in [6.07, 6.45) is -3.59. The van der Waals surface area contributed by atoms with E-state index in [2.05, 4.69) is 5.32 Å². The highest BCUT2D eigenvalue weighted by molar-refractivity contribution is 5.95. The summed E-state index contributed by atoms with van der Waals surface area (Å²) in [7, 11) is 0. The van der Waals surface area contributed by atoms with E-state index in [1.807, 2.05) is 0 Å². The maximum Gasteiger partial charge on any atom is 0.416 e. The molecule has 1 fully saturated rings. The van der Waals surface area contributed by atoms with Gasteiger partial charge in [-0.15, -0.1) is 0 Å². The van der Waals surface area contributed by atoms with E-state index < -0.39 is 28.6 Å². The number of hydrogen-bond acceptors (Lipinski definition) is 4. The van der Waals surface area contributed by atoms with Crippen molar-refractivity contribution in [3.8, 4) is 0 Å². The summed E-state index contributed by atoms with van der Waals surface area (Å²) in [6.45, 7) is 0.446. The maximum absolute atomic E-state index is 13.1. The molecular weight excluding hydrogens is 403 g/mol. The van der Waals surface area contributed by atoms with Gasteiger partial charge in [0.2, 0.25) is 5.91 Å². The number of nitrogens with one attached hydrogen (secondary N) is 1.